The van der Waals surface area contributed by atoms with Gasteiger partial charge < -0.3 is 5.32 Å². The number of nitrogens with one attached hydrogen (secondary N) is 1. The largest absolute Gasteiger partial charge is 0.369 e. The van der Waals surface area contributed by atoms with Crippen molar-refractivity contribution in [2.24, 2.45) is 0 Å². The molecular formula is C14H20ClN3S. The van der Waals surface area contributed by atoms with Gasteiger partial charge in [-0.25, -0.2) is 4.98 Å². The Bertz CT molecular complexity index is 539. The minimum absolute atomic E-state index is 0.322. The Hall–Kier alpha value is -0.870. The topological polar surface area (TPSA) is 37.8 Å². The van der Waals surface area contributed by atoms with E-state index in [1.54, 1.807) is 11.3 Å². The monoisotopic (exact) mass is 297 g/mol. The van der Waals surface area contributed by atoms with Gasteiger partial charge in [0.25, 0.3) is 0 Å². The van der Waals surface area contributed by atoms with Crippen LogP contribution in [0.2, 0.25) is 5.28 Å². The summed E-state index contributed by atoms with van der Waals surface area (Å²) in [6, 6.07) is 0. The SMILES string of the molecule is CCCCCCCNc1nc(Cl)nc2c(C)csc12. The second kappa shape index (κ2) is 7.06. The first-order chi connectivity index (χ1) is 9.22. The van der Waals surface area contributed by atoms with Crippen LogP contribution in [0.5, 0.6) is 0 Å². The van der Waals surface area contributed by atoms with Crippen LogP contribution in [0.3, 0.4) is 0 Å². The van der Waals surface area contributed by atoms with E-state index in [9.17, 15) is 0 Å². The van der Waals surface area contributed by atoms with Crippen LogP contribution < -0.4 is 5.32 Å². The summed E-state index contributed by atoms with van der Waals surface area (Å²) in [5.41, 5.74) is 2.13. The van der Waals surface area contributed by atoms with E-state index in [4.69, 9.17) is 11.6 Å². The fourth-order valence-corrected chi connectivity index (χ4v) is 3.18. The van der Waals surface area contributed by atoms with E-state index in [1.807, 2.05) is 0 Å². The Balaban J connectivity index is 1.96. The van der Waals surface area contributed by atoms with Crippen molar-refractivity contribution < 1.29 is 0 Å². The molecule has 0 aliphatic heterocycles. The predicted octanol–water partition coefficient (Wildman–Crippen LogP) is 5.04. The molecule has 0 unspecified atom stereocenters. The molecule has 19 heavy (non-hydrogen) atoms. The lowest BCUT2D eigenvalue weighted by atomic mass is 10.1. The van der Waals surface area contributed by atoms with Gasteiger partial charge in [0.1, 0.15) is 5.82 Å². The van der Waals surface area contributed by atoms with Gasteiger partial charge in [0, 0.05) is 6.54 Å². The first-order valence-electron chi connectivity index (χ1n) is 6.87. The average molecular weight is 298 g/mol. The molecule has 0 spiro atoms. The molecule has 1 N–H and O–H groups in total. The van der Waals surface area contributed by atoms with E-state index in [0.717, 1.165) is 28.1 Å². The van der Waals surface area contributed by atoms with Gasteiger partial charge in [-0.3, -0.25) is 0 Å². The lowest BCUT2D eigenvalue weighted by molar-refractivity contribution is 0.645. The van der Waals surface area contributed by atoms with Crippen molar-refractivity contribution in [3.63, 3.8) is 0 Å². The molecule has 0 saturated heterocycles. The Kier molecular flexibility index (Phi) is 5.40. The van der Waals surface area contributed by atoms with Crippen LogP contribution in [0.25, 0.3) is 10.2 Å². The molecule has 5 heteroatoms. The molecule has 0 amide bonds. The fraction of sp³-hybridized carbons (Fsp3) is 0.571. The van der Waals surface area contributed by atoms with Gasteiger partial charge in [-0.2, -0.15) is 4.98 Å². The summed E-state index contributed by atoms with van der Waals surface area (Å²) in [6.45, 7) is 5.23. The van der Waals surface area contributed by atoms with Crippen molar-refractivity contribution in [3.8, 4) is 0 Å². The van der Waals surface area contributed by atoms with Crippen molar-refractivity contribution in [1.29, 1.82) is 0 Å². The van der Waals surface area contributed by atoms with Gasteiger partial charge in [-0.15, -0.1) is 11.3 Å². The number of anilines is 1. The average Bonchev–Trinajstić information content (AvgIpc) is 2.75. The summed E-state index contributed by atoms with van der Waals surface area (Å²) >= 11 is 7.65. The smallest absolute Gasteiger partial charge is 0.224 e. The molecule has 2 rings (SSSR count). The van der Waals surface area contributed by atoms with Gasteiger partial charge >= 0.3 is 0 Å². The van der Waals surface area contributed by atoms with Gasteiger partial charge in [-0.05, 0) is 35.9 Å². The van der Waals surface area contributed by atoms with Crippen LogP contribution >= 0.6 is 22.9 Å². The van der Waals surface area contributed by atoms with E-state index < -0.39 is 0 Å². The summed E-state index contributed by atoms with van der Waals surface area (Å²) in [6.07, 6.45) is 6.37. The molecule has 2 aromatic heterocycles. The van der Waals surface area contributed by atoms with Crippen LogP contribution in [0, 0.1) is 6.92 Å². The molecule has 0 aromatic carbocycles. The molecule has 0 fully saturated rings. The maximum absolute atomic E-state index is 5.98. The van der Waals surface area contributed by atoms with E-state index >= 15 is 0 Å². The number of aromatic nitrogens is 2. The second-order valence-electron chi connectivity index (χ2n) is 4.78. The second-order valence-corrected chi connectivity index (χ2v) is 6.00. The summed E-state index contributed by atoms with van der Waals surface area (Å²) in [7, 11) is 0. The van der Waals surface area contributed by atoms with E-state index in [2.05, 4.69) is 34.5 Å². The number of fused-ring (bicyclic) bond motifs is 1. The normalized spacial score (nSPS) is 11.1. The van der Waals surface area contributed by atoms with Gasteiger partial charge in [-0.1, -0.05) is 32.6 Å². The number of hydrogen-bond donors (Lipinski definition) is 1. The molecule has 0 aliphatic rings. The number of rotatable bonds is 7. The third-order valence-electron chi connectivity index (χ3n) is 3.14. The fourth-order valence-electron chi connectivity index (χ4n) is 2.06. The van der Waals surface area contributed by atoms with Crippen molar-refractivity contribution in [2.75, 3.05) is 11.9 Å². The lowest BCUT2D eigenvalue weighted by Gasteiger charge is -2.07. The Morgan fingerprint density at radius 1 is 1.21 bits per heavy atom. The third kappa shape index (κ3) is 3.80. The number of hydrogen-bond acceptors (Lipinski definition) is 4. The summed E-state index contributed by atoms with van der Waals surface area (Å²) in [5, 5.41) is 5.81. The van der Waals surface area contributed by atoms with Crippen LogP contribution in [-0.2, 0) is 0 Å². The zero-order chi connectivity index (χ0) is 13.7. The van der Waals surface area contributed by atoms with Crippen molar-refractivity contribution >= 4 is 39.0 Å². The molecule has 0 radical (unpaired) electrons. The molecule has 0 bridgehead atoms. The lowest BCUT2D eigenvalue weighted by Crippen LogP contribution is -2.04. The Morgan fingerprint density at radius 3 is 2.79 bits per heavy atom. The predicted molar refractivity (Wildman–Crippen MR) is 84.4 cm³/mol. The van der Waals surface area contributed by atoms with Crippen LogP contribution in [-0.4, -0.2) is 16.5 Å². The highest BCUT2D eigenvalue weighted by Crippen LogP contribution is 2.30. The van der Waals surface area contributed by atoms with E-state index in [1.165, 1.54) is 32.1 Å². The van der Waals surface area contributed by atoms with Crippen molar-refractivity contribution in [2.45, 2.75) is 46.0 Å². The molecule has 2 heterocycles. The number of unbranched alkanes of at least 4 members (excludes halogenated alkanes) is 4. The molecular weight excluding hydrogens is 278 g/mol. The molecule has 3 nitrogen and oxygen atoms in total. The molecule has 0 saturated carbocycles. The zero-order valence-electron chi connectivity index (χ0n) is 11.5. The first-order valence-corrected chi connectivity index (χ1v) is 8.13. The highest BCUT2D eigenvalue weighted by atomic mass is 35.5. The Labute approximate surface area is 123 Å². The Morgan fingerprint density at radius 2 is 2.00 bits per heavy atom. The maximum atomic E-state index is 5.98. The van der Waals surface area contributed by atoms with Gasteiger partial charge in [0.2, 0.25) is 5.28 Å². The minimum Gasteiger partial charge on any atom is -0.369 e. The zero-order valence-corrected chi connectivity index (χ0v) is 13.1. The minimum atomic E-state index is 0.322. The highest BCUT2D eigenvalue weighted by molar-refractivity contribution is 7.18. The van der Waals surface area contributed by atoms with E-state index in [-0.39, 0.29) is 0 Å². The third-order valence-corrected chi connectivity index (χ3v) is 4.40. The summed E-state index contributed by atoms with van der Waals surface area (Å²) in [5.74, 6) is 0.878. The maximum Gasteiger partial charge on any atom is 0.224 e. The van der Waals surface area contributed by atoms with Crippen LogP contribution in [0.15, 0.2) is 5.38 Å². The molecule has 104 valence electrons. The van der Waals surface area contributed by atoms with E-state index in [0.29, 0.717) is 5.28 Å². The van der Waals surface area contributed by atoms with Crippen LogP contribution in [0.1, 0.15) is 44.6 Å². The molecule has 0 atom stereocenters. The van der Waals surface area contributed by atoms with Crippen LogP contribution in [0.4, 0.5) is 5.82 Å². The van der Waals surface area contributed by atoms with Gasteiger partial charge in [0.05, 0.1) is 10.2 Å². The van der Waals surface area contributed by atoms with Crippen molar-refractivity contribution in [3.05, 3.63) is 16.2 Å². The summed E-state index contributed by atoms with van der Waals surface area (Å²) in [4.78, 5) is 8.59. The summed E-state index contributed by atoms with van der Waals surface area (Å²) < 4.78 is 1.11. The number of aryl methyl sites for hydroxylation is 1. The standard InChI is InChI=1S/C14H20ClN3S/c1-3-4-5-6-7-8-16-13-12-11(10(2)9-19-12)17-14(15)18-13/h9H,3-8H2,1-2H3,(H,16,17,18). The quantitative estimate of drug-likeness (QED) is 0.575. The number of nitrogens with zero attached hydrogens (tertiary/aromatic N) is 2. The highest BCUT2D eigenvalue weighted by Gasteiger charge is 2.10. The molecule has 2 aromatic rings. The van der Waals surface area contributed by atoms with Crippen molar-refractivity contribution in [1.82, 2.24) is 9.97 Å². The first kappa shape index (κ1) is 14.5. The number of halogens is 1. The molecule has 0 aliphatic carbocycles. The van der Waals surface area contributed by atoms with Gasteiger partial charge in [0.15, 0.2) is 0 Å². The number of thiophene rings is 1.